The van der Waals surface area contributed by atoms with Crippen molar-refractivity contribution in [3.63, 3.8) is 0 Å². The van der Waals surface area contributed by atoms with Crippen molar-refractivity contribution >= 4 is 16.9 Å². The van der Waals surface area contributed by atoms with Crippen LogP contribution in [-0.4, -0.2) is 44.6 Å². The normalized spacial score (nSPS) is 11.0. The molecule has 0 spiro atoms. The summed E-state index contributed by atoms with van der Waals surface area (Å²) < 4.78 is 13.1. The Labute approximate surface area is 173 Å². The molecule has 30 heavy (non-hydrogen) atoms. The van der Waals surface area contributed by atoms with Crippen LogP contribution in [0.3, 0.4) is 0 Å². The first-order valence-corrected chi connectivity index (χ1v) is 9.52. The van der Waals surface area contributed by atoms with E-state index in [0.29, 0.717) is 35.3 Å². The first-order valence-electron chi connectivity index (χ1n) is 9.52. The Kier molecular flexibility index (Phi) is 5.78. The Morgan fingerprint density at radius 3 is 2.20 bits per heavy atom. The second-order valence-electron chi connectivity index (χ2n) is 6.59. The van der Waals surface area contributed by atoms with Gasteiger partial charge in [0.15, 0.2) is 0 Å². The third kappa shape index (κ3) is 4.05. The number of anilines is 1. The Balaban J connectivity index is 1.57. The lowest BCUT2D eigenvalue weighted by Crippen LogP contribution is -2.02. The molecule has 2 aromatic carbocycles. The molecule has 154 valence electrons. The highest BCUT2D eigenvalue weighted by atomic mass is 16.5. The van der Waals surface area contributed by atoms with Crippen LogP contribution in [0, 0.1) is 0 Å². The highest BCUT2D eigenvalue weighted by Crippen LogP contribution is 2.34. The van der Waals surface area contributed by atoms with Gasteiger partial charge >= 0.3 is 0 Å². The molecule has 0 bridgehead atoms. The molecular weight excluding hydrogens is 384 g/mol. The number of benzene rings is 2. The molecule has 0 aliphatic heterocycles. The Hall–Kier alpha value is -3.62. The maximum Gasteiger partial charge on any atom is 0.146 e. The van der Waals surface area contributed by atoms with Gasteiger partial charge < -0.3 is 30.0 Å². The number of nitrogens with zero attached hydrogens (tertiary/aromatic N) is 3. The van der Waals surface area contributed by atoms with Gasteiger partial charge in [0.1, 0.15) is 41.6 Å². The first-order chi connectivity index (χ1) is 14.7. The van der Waals surface area contributed by atoms with E-state index in [0.717, 1.165) is 16.5 Å². The van der Waals surface area contributed by atoms with Gasteiger partial charge in [-0.05, 0) is 42.0 Å². The molecule has 4 aromatic rings. The van der Waals surface area contributed by atoms with Crippen molar-refractivity contribution in [1.82, 2.24) is 14.5 Å². The van der Waals surface area contributed by atoms with Gasteiger partial charge in [0.2, 0.25) is 0 Å². The number of fused-ring (bicyclic) bond motifs is 1. The number of nitrogen functional groups attached to an aromatic ring is 1. The Bertz CT molecular complexity index is 1120. The van der Waals surface area contributed by atoms with E-state index >= 15 is 0 Å². The van der Waals surface area contributed by atoms with Crippen LogP contribution in [0.15, 0.2) is 61.1 Å². The summed E-state index contributed by atoms with van der Waals surface area (Å²) in [5, 5.41) is 18.9. The van der Waals surface area contributed by atoms with Crippen molar-refractivity contribution < 1.29 is 19.7 Å². The minimum absolute atomic E-state index is 0.00371. The van der Waals surface area contributed by atoms with Crippen LogP contribution in [0.4, 0.5) is 5.82 Å². The second kappa shape index (κ2) is 8.81. The number of ether oxygens (including phenoxy) is 2. The predicted molar refractivity (Wildman–Crippen MR) is 114 cm³/mol. The highest BCUT2D eigenvalue weighted by molar-refractivity contribution is 6.00. The lowest BCUT2D eigenvalue weighted by atomic mass is 10.1. The van der Waals surface area contributed by atoms with Gasteiger partial charge in [-0.3, -0.25) is 0 Å². The van der Waals surface area contributed by atoms with E-state index < -0.39 is 0 Å². The zero-order chi connectivity index (χ0) is 20.9. The Morgan fingerprint density at radius 2 is 1.53 bits per heavy atom. The summed E-state index contributed by atoms with van der Waals surface area (Å²) >= 11 is 0. The summed E-state index contributed by atoms with van der Waals surface area (Å²) in [7, 11) is 0. The number of aliphatic hydroxyl groups is 2. The number of hydrogen-bond donors (Lipinski definition) is 3. The van der Waals surface area contributed by atoms with Crippen molar-refractivity contribution in [3.05, 3.63) is 61.1 Å². The molecular formula is C22H22N4O4. The molecule has 0 unspecified atom stereocenters. The summed E-state index contributed by atoms with van der Waals surface area (Å²) in [6.07, 6.45) is 3.35. The maximum atomic E-state index is 9.33. The third-order valence-corrected chi connectivity index (χ3v) is 4.61. The van der Waals surface area contributed by atoms with Crippen molar-refractivity contribution in [2.45, 2.75) is 6.54 Å². The monoisotopic (exact) mass is 406 g/mol. The zero-order valence-electron chi connectivity index (χ0n) is 16.2. The molecule has 0 radical (unpaired) electrons. The first kappa shape index (κ1) is 19.7. The van der Waals surface area contributed by atoms with Crippen LogP contribution in [0.1, 0.15) is 0 Å². The molecule has 0 fully saturated rings. The summed E-state index contributed by atoms with van der Waals surface area (Å²) in [6.45, 7) is 0.656. The molecule has 8 nitrogen and oxygen atoms in total. The van der Waals surface area contributed by atoms with Crippen molar-refractivity contribution in [1.29, 1.82) is 0 Å². The molecule has 0 aliphatic carbocycles. The van der Waals surface area contributed by atoms with Gasteiger partial charge in [0, 0.05) is 18.3 Å². The average Bonchev–Trinajstić information content (AvgIpc) is 3.14. The molecule has 8 heteroatoms. The molecule has 0 saturated heterocycles. The van der Waals surface area contributed by atoms with Crippen LogP contribution >= 0.6 is 0 Å². The fraction of sp³-hybridized carbons (Fsp3) is 0.182. The van der Waals surface area contributed by atoms with E-state index in [-0.39, 0.29) is 19.8 Å². The van der Waals surface area contributed by atoms with Gasteiger partial charge in [-0.25, -0.2) is 9.97 Å². The number of nitrogens with two attached hydrogens (primary N) is 1. The molecule has 4 rings (SSSR count). The van der Waals surface area contributed by atoms with Crippen molar-refractivity contribution in [3.8, 4) is 28.4 Å². The smallest absolute Gasteiger partial charge is 0.146 e. The topological polar surface area (TPSA) is 116 Å². The zero-order valence-corrected chi connectivity index (χ0v) is 16.2. The van der Waals surface area contributed by atoms with Crippen molar-refractivity contribution in [2.24, 2.45) is 0 Å². The fourth-order valence-electron chi connectivity index (χ4n) is 3.25. The minimum Gasteiger partial charge on any atom is -0.491 e. The number of rotatable bonds is 8. The van der Waals surface area contributed by atoms with Crippen LogP contribution in [0.5, 0.6) is 17.2 Å². The van der Waals surface area contributed by atoms with Gasteiger partial charge in [0.25, 0.3) is 0 Å². The standard InChI is InChI=1S/C22H22N4O4/c23-21-20-19(13-26(9-10-27)22(20)25-14-24-21)15-1-3-17(4-2-15)30-18-7-5-16(6-8-18)29-12-11-28/h1-8,13-14,27-28H,9-12H2,(H2,23,24,25). The average molecular weight is 406 g/mol. The van der Waals surface area contributed by atoms with E-state index in [9.17, 15) is 5.11 Å². The van der Waals surface area contributed by atoms with Gasteiger partial charge in [-0.15, -0.1) is 0 Å². The highest BCUT2D eigenvalue weighted by Gasteiger charge is 2.15. The molecule has 0 saturated carbocycles. The molecule has 2 heterocycles. The van der Waals surface area contributed by atoms with E-state index in [1.54, 1.807) is 24.3 Å². The van der Waals surface area contributed by atoms with Gasteiger partial charge in [0.05, 0.1) is 18.6 Å². The van der Waals surface area contributed by atoms with Crippen LogP contribution in [0.25, 0.3) is 22.2 Å². The largest absolute Gasteiger partial charge is 0.491 e. The number of aliphatic hydroxyl groups excluding tert-OH is 2. The van der Waals surface area contributed by atoms with Crippen LogP contribution in [-0.2, 0) is 6.54 Å². The van der Waals surface area contributed by atoms with E-state index in [4.69, 9.17) is 20.3 Å². The lowest BCUT2D eigenvalue weighted by Gasteiger charge is -2.08. The molecule has 4 N–H and O–H groups in total. The molecule has 0 aliphatic rings. The van der Waals surface area contributed by atoms with E-state index in [1.165, 1.54) is 6.33 Å². The van der Waals surface area contributed by atoms with Crippen LogP contribution in [0.2, 0.25) is 0 Å². The van der Waals surface area contributed by atoms with Gasteiger partial charge in [-0.2, -0.15) is 0 Å². The summed E-state index contributed by atoms with van der Waals surface area (Å²) in [5.41, 5.74) is 8.63. The number of aromatic nitrogens is 3. The second-order valence-corrected chi connectivity index (χ2v) is 6.59. The third-order valence-electron chi connectivity index (χ3n) is 4.61. The minimum atomic E-state index is -0.0267. The molecule has 2 aromatic heterocycles. The van der Waals surface area contributed by atoms with Crippen LogP contribution < -0.4 is 15.2 Å². The molecule has 0 atom stereocenters. The van der Waals surface area contributed by atoms with Gasteiger partial charge in [-0.1, -0.05) is 12.1 Å². The summed E-state index contributed by atoms with van der Waals surface area (Å²) in [5.74, 6) is 2.43. The molecule has 0 amide bonds. The summed E-state index contributed by atoms with van der Waals surface area (Å²) in [6, 6.07) is 14.8. The van der Waals surface area contributed by atoms with E-state index in [2.05, 4.69) is 9.97 Å². The summed E-state index contributed by atoms with van der Waals surface area (Å²) in [4.78, 5) is 8.43. The fourth-order valence-corrected chi connectivity index (χ4v) is 3.25. The predicted octanol–water partition coefficient (Wildman–Crippen LogP) is 2.84. The van der Waals surface area contributed by atoms with E-state index in [1.807, 2.05) is 35.0 Å². The quantitative estimate of drug-likeness (QED) is 0.412. The van der Waals surface area contributed by atoms with Crippen molar-refractivity contribution in [2.75, 3.05) is 25.6 Å². The lowest BCUT2D eigenvalue weighted by molar-refractivity contribution is 0.201. The number of hydrogen-bond acceptors (Lipinski definition) is 7. The maximum absolute atomic E-state index is 9.33. The Morgan fingerprint density at radius 1 is 0.867 bits per heavy atom. The SMILES string of the molecule is Nc1ncnc2c1c(-c1ccc(Oc3ccc(OCCO)cc3)cc1)cn2CCO.